The van der Waals surface area contributed by atoms with Crippen molar-refractivity contribution in [3.05, 3.63) is 95.2 Å². The molecule has 31 heavy (non-hydrogen) atoms. The zero-order chi connectivity index (χ0) is 21.6. The van der Waals surface area contributed by atoms with Gasteiger partial charge in [-0.2, -0.15) is 0 Å². The molecule has 5 rings (SSSR count). The Morgan fingerprint density at radius 1 is 1.06 bits per heavy atom. The Morgan fingerprint density at radius 2 is 1.81 bits per heavy atom. The second-order valence-electron chi connectivity index (χ2n) is 8.42. The summed E-state index contributed by atoms with van der Waals surface area (Å²) >= 11 is 0. The van der Waals surface area contributed by atoms with E-state index in [4.69, 9.17) is 25.7 Å². The van der Waals surface area contributed by atoms with Crippen molar-refractivity contribution < 1.29 is 14.2 Å². The first kappa shape index (κ1) is 19.9. The third kappa shape index (κ3) is 2.63. The lowest BCUT2D eigenvalue weighted by Gasteiger charge is -2.43. The Bertz CT molecular complexity index is 1090. The average Bonchev–Trinajstić information content (AvgIpc) is 3.22. The predicted octanol–water partition coefficient (Wildman–Crippen LogP) is 5.62. The Labute approximate surface area is 182 Å². The number of methoxy groups -OCH3 is 1. The standard InChI is InChI=1S/C26H27N2O3/c1-17-14-23(18-6-4-3-5-7-18)26(19-8-10-20(28)11-9-19)25(17,29-2)22-13-12-21(30-16-27)15-24(22)31-26/h3-13,15,17,23,28H,14,16,27H2,1-2H3/q-1/t17-,23+,25-,26+/m1/s1. The molecule has 3 N–H and O–H groups in total. The summed E-state index contributed by atoms with van der Waals surface area (Å²) < 4.78 is 19.0. The predicted molar refractivity (Wildman–Crippen MR) is 121 cm³/mol. The van der Waals surface area contributed by atoms with Crippen molar-refractivity contribution in [2.24, 2.45) is 11.7 Å². The van der Waals surface area contributed by atoms with Gasteiger partial charge in [0, 0.05) is 24.7 Å². The molecule has 0 amide bonds. The van der Waals surface area contributed by atoms with E-state index in [0.717, 1.165) is 23.3 Å². The number of ether oxygens (including phenoxy) is 3. The second kappa shape index (κ2) is 7.29. The Kier molecular flexibility index (Phi) is 4.68. The van der Waals surface area contributed by atoms with Crippen LogP contribution in [0.15, 0.2) is 72.8 Å². The molecule has 3 aromatic carbocycles. The molecule has 0 spiro atoms. The molecular formula is C26H27N2O3-. The number of nitrogens with two attached hydrogens (primary N) is 1. The van der Waals surface area contributed by atoms with Gasteiger partial charge in [0.2, 0.25) is 0 Å². The van der Waals surface area contributed by atoms with Gasteiger partial charge in [0.25, 0.3) is 0 Å². The van der Waals surface area contributed by atoms with Gasteiger partial charge in [-0.25, -0.2) is 0 Å². The van der Waals surface area contributed by atoms with E-state index in [1.54, 1.807) is 7.11 Å². The maximum Gasteiger partial charge on any atom is 0.174 e. The molecule has 0 unspecified atom stereocenters. The highest BCUT2D eigenvalue weighted by atomic mass is 16.6. The van der Waals surface area contributed by atoms with E-state index in [1.165, 1.54) is 5.56 Å². The lowest BCUT2D eigenvalue weighted by Crippen LogP contribution is -2.51. The van der Waals surface area contributed by atoms with E-state index in [9.17, 15) is 0 Å². The van der Waals surface area contributed by atoms with Crippen molar-refractivity contribution in [2.45, 2.75) is 30.5 Å². The molecule has 4 atom stereocenters. The normalized spacial score (nSPS) is 28.6. The van der Waals surface area contributed by atoms with E-state index in [0.29, 0.717) is 11.4 Å². The molecule has 0 radical (unpaired) electrons. The third-order valence-corrected chi connectivity index (χ3v) is 7.04. The topological polar surface area (TPSA) is 77.5 Å². The maximum atomic E-state index is 8.00. The van der Waals surface area contributed by atoms with Crippen LogP contribution in [0.25, 0.3) is 5.73 Å². The number of hydrogen-bond donors (Lipinski definition) is 1. The number of benzene rings is 3. The van der Waals surface area contributed by atoms with Crippen LogP contribution in [0.2, 0.25) is 0 Å². The van der Waals surface area contributed by atoms with E-state index < -0.39 is 11.2 Å². The minimum absolute atomic E-state index is 0.0755. The molecule has 5 heteroatoms. The molecule has 1 aliphatic carbocycles. The van der Waals surface area contributed by atoms with Gasteiger partial charge in [-0.15, -0.1) is 5.69 Å². The molecule has 0 aromatic heterocycles. The Hall–Kier alpha value is -3.02. The van der Waals surface area contributed by atoms with Gasteiger partial charge >= 0.3 is 0 Å². The van der Waals surface area contributed by atoms with Gasteiger partial charge in [0.1, 0.15) is 23.8 Å². The first-order chi connectivity index (χ1) is 15.1. The number of hydrogen-bond acceptors (Lipinski definition) is 4. The summed E-state index contributed by atoms with van der Waals surface area (Å²) in [7, 11) is 1.78. The zero-order valence-corrected chi connectivity index (χ0v) is 17.8. The van der Waals surface area contributed by atoms with Crippen LogP contribution in [0.4, 0.5) is 5.69 Å². The molecule has 3 aromatic rings. The molecule has 0 bridgehead atoms. The lowest BCUT2D eigenvalue weighted by atomic mass is 9.70. The van der Waals surface area contributed by atoms with Crippen LogP contribution in [-0.4, -0.2) is 13.8 Å². The van der Waals surface area contributed by atoms with E-state index in [-0.39, 0.29) is 18.6 Å². The summed E-state index contributed by atoms with van der Waals surface area (Å²) in [5.41, 5.74) is 15.9. The van der Waals surface area contributed by atoms with E-state index >= 15 is 0 Å². The summed E-state index contributed by atoms with van der Waals surface area (Å²) in [5.74, 6) is 1.70. The lowest BCUT2D eigenvalue weighted by molar-refractivity contribution is -0.148. The van der Waals surface area contributed by atoms with Crippen molar-refractivity contribution in [2.75, 3.05) is 13.8 Å². The highest BCUT2D eigenvalue weighted by Crippen LogP contribution is 2.70. The molecule has 1 fully saturated rings. The summed E-state index contributed by atoms with van der Waals surface area (Å²) in [6.45, 7) is 2.34. The fourth-order valence-corrected chi connectivity index (χ4v) is 5.89. The summed E-state index contributed by atoms with van der Waals surface area (Å²) in [6.07, 6.45) is 0.918. The molecule has 2 aliphatic rings. The van der Waals surface area contributed by atoms with Gasteiger partial charge in [-0.1, -0.05) is 61.5 Å². The van der Waals surface area contributed by atoms with Crippen molar-refractivity contribution in [1.82, 2.24) is 0 Å². The van der Waals surface area contributed by atoms with Crippen LogP contribution < -0.4 is 15.2 Å². The summed E-state index contributed by atoms with van der Waals surface area (Å²) in [5, 5.41) is 0. The largest absolute Gasteiger partial charge is 0.699 e. The molecule has 0 saturated heterocycles. The Morgan fingerprint density at radius 3 is 2.48 bits per heavy atom. The van der Waals surface area contributed by atoms with Gasteiger partial charge in [-0.05, 0) is 35.6 Å². The second-order valence-corrected chi connectivity index (χ2v) is 8.42. The highest BCUT2D eigenvalue weighted by molar-refractivity contribution is 5.57. The van der Waals surface area contributed by atoms with Gasteiger partial charge in [0.05, 0.1) is 0 Å². The third-order valence-electron chi connectivity index (χ3n) is 7.04. The molecule has 1 heterocycles. The average molecular weight is 416 g/mol. The van der Waals surface area contributed by atoms with Crippen LogP contribution in [0.5, 0.6) is 11.5 Å². The molecular weight excluding hydrogens is 388 g/mol. The van der Waals surface area contributed by atoms with Crippen molar-refractivity contribution in [1.29, 1.82) is 0 Å². The van der Waals surface area contributed by atoms with E-state index in [1.807, 2.05) is 48.5 Å². The van der Waals surface area contributed by atoms with Crippen molar-refractivity contribution >= 4 is 5.69 Å². The number of nitrogens with one attached hydrogen (secondary N) is 1. The number of rotatable bonds is 5. The van der Waals surface area contributed by atoms with Crippen LogP contribution >= 0.6 is 0 Å². The minimum Gasteiger partial charge on any atom is -0.699 e. The first-order valence-electron chi connectivity index (χ1n) is 10.7. The van der Waals surface area contributed by atoms with Crippen molar-refractivity contribution in [3.63, 3.8) is 0 Å². The number of fused-ring (bicyclic) bond motifs is 3. The van der Waals surface area contributed by atoms with Gasteiger partial charge in [0.15, 0.2) is 5.60 Å². The quantitative estimate of drug-likeness (QED) is 0.549. The highest BCUT2D eigenvalue weighted by Gasteiger charge is 2.72. The molecule has 1 aliphatic heterocycles. The van der Waals surface area contributed by atoms with Crippen molar-refractivity contribution in [3.8, 4) is 11.5 Å². The summed E-state index contributed by atoms with van der Waals surface area (Å²) in [6, 6.07) is 24.1. The van der Waals surface area contributed by atoms with Gasteiger partial charge in [-0.3, -0.25) is 5.73 Å². The molecule has 1 saturated carbocycles. The maximum absolute atomic E-state index is 8.00. The monoisotopic (exact) mass is 415 g/mol. The zero-order valence-electron chi connectivity index (χ0n) is 17.8. The fraction of sp³-hybridized carbons (Fsp3) is 0.308. The minimum atomic E-state index is -0.764. The smallest absolute Gasteiger partial charge is 0.174 e. The fourth-order valence-electron chi connectivity index (χ4n) is 5.89. The van der Waals surface area contributed by atoms with E-state index in [2.05, 4.69) is 31.2 Å². The van der Waals surface area contributed by atoms with Crippen LogP contribution in [0, 0.1) is 5.92 Å². The summed E-state index contributed by atoms with van der Waals surface area (Å²) in [4.78, 5) is 0. The van der Waals surface area contributed by atoms with Crippen LogP contribution in [-0.2, 0) is 15.9 Å². The first-order valence-corrected chi connectivity index (χ1v) is 10.7. The van der Waals surface area contributed by atoms with Crippen LogP contribution in [0.3, 0.4) is 0 Å². The SMILES string of the molecule is CO[C@]12c3ccc(OCN)cc3O[C@@]1(c1ccc([NH-])cc1)[C@H](c1ccccc1)C[C@H]2C. The molecule has 160 valence electrons. The Balaban J connectivity index is 1.78. The van der Waals surface area contributed by atoms with Gasteiger partial charge < -0.3 is 19.9 Å². The van der Waals surface area contributed by atoms with Crippen LogP contribution in [0.1, 0.15) is 36.0 Å². The molecule has 5 nitrogen and oxygen atoms in total.